The molecule has 3 saturated carbocycles. The summed E-state index contributed by atoms with van der Waals surface area (Å²) in [5.74, 6) is 0.673. The lowest BCUT2D eigenvalue weighted by Gasteiger charge is -2.62. The fourth-order valence-corrected chi connectivity index (χ4v) is 9.25. The van der Waals surface area contributed by atoms with Gasteiger partial charge in [0.2, 0.25) is 5.91 Å². The molecule has 4 fully saturated rings. The van der Waals surface area contributed by atoms with E-state index in [-0.39, 0.29) is 49.0 Å². The largest absolute Gasteiger partial charge is 0.508 e. The highest BCUT2D eigenvalue weighted by Crippen LogP contribution is 2.61. The van der Waals surface area contributed by atoms with E-state index >= 15 is 4.39 Å². The number of hydroxylamine groups is 2. The monoisotopic (exact) mass is 696 g/mol. The molecule has 2 aromatic carbocycles. The van der Waals surface area contributed by atoms with Crippen molar-refractivity contribution in [1.82, 2.24) is 20.2 Å². The molecule has 6 rings (SSSR count). The lowest BCUT2D eigenvalue weighted by atomic mass is 9.45. The van der Waals surface area contributed by atoms with Crippen LogP contribution in [-0.2, 0) is 29.3 Å². The SMILES string of the molecule is CC(C)C[C@@H](CN(C)C)N(Cc1cccc(CN2O[C@@H](CO)[C@@H]([C@H](C)O)[C@H]2C(=O)N[C@H]2C[C@@H]3C[C@H]([C@@H]2C)C3(C)C)c1)Cc1c(O)cccc1F. The van der Waals surface area contributed by atoms with Gasteiger partial charge in [-0.15, -0.1) is 0 Å². The zero-order chi connectivity index (χ0) is 36.5. The average molecular weight is 697 g/mol. The van der Waals surface area contributed by atoms with Crippen LogP contribution in [0.2, 0.25) is 0 Å². The Labute approximate surface area is 298 Å². The van der Waals surface area contributed by atoms with E-state index in [0.29, 0.717) is 35.6 Å². The van der Waals surface area contributed by atoms with Crippen LogP contribution in [0, 0.1) is 40.8 Å². The van der Waals surface area contributed by atoms with Gasteiger partial charge >= 0.3 is 0 Å². The number of carbonyl (C=O) groups is 1. The number of phenols is 1. The molecule has 1 amide bonds. The summed E-state index contributed by atoms with van der Waals surface area (Å²) in [7, 11) is 4.07. The lowest BCUT2D eigenvalue weighted by molar-refractivity contribution is -0.183. The minimum Gasteiger partial charge on any atom is -0.508 e. The Balaban J connectivity index is 1.38. The Kier molecular flexibility index (Phi) is 12.3. The molecule has 3 aliphatic carbocycles. The van der Waals surface area contributed by atoms with Crippen molar-refractivity contribution in [2.24, 2.45) is 35.0 Å². The number of aromatic hydroxyl groups is 1. The minimum absolute atomic E-state index is 0.0538. The number of nitrogens with one attached hydrogen (secondary N) is 1. The van der Waals surface area contributed by atoms with Crippen LogP contribution < -0.4 is 5.32 Å². The first-order chi connectivity index (χ1) is 23.6. The summed E-state index contributed by atoms with van der Waals surface area (Å²) < 4.78 is 15.0. The summed E-state index contributed by atoms with van der Waals surface area (Å²) >= 11 is 0. The zero-order valence-corrected chi connectivity index (χ0v) is 31.3. The number of rotatable bonds is 15. The number of aliphatic hydroxyl groups is 2. The molecule has 0 spiro atoms. The number of fused-ring (bicyclic) bond motifs is 2. The number of benzene rings is 2. The van der Waals surface area contributed by atoms with E-state index in [9.17, 15) is 20.1 Å². The second kappa shape index (κ2) is 16.0. The molecule has 278 valence electrons. The maximum absolute atomic E-state index is 15.0. The van der Waals surface area contributed by atoms with Crippen molar-refractivity contribution in [3.63, 3.8) is 0 Å². The second-order valence-corrected chi connectivity index (χ2v) is 16.7. The normalized spacial score (nSPS) is 29.0. The van der Waals surface area contributed by atoms with Crippen LogP contribution in [0.15, 0.2) is 42.5 Å². The molecule has 50 heavy (non-hydrogen) atoms. The van der Waals surface area contributed by atoms with Crippen molar-refractivity contribution in [1.29, 1.82) is 0 Å². The Morgan fingerprint density at radius 2 is 1.80 bits per heavy atom. The van der Waals surface area contributed by atoms with E-state index in [1.807, 2.05) is 32.3 Å². The van der Waals surface area contributed by atoms with Crippen molar-refractivity contribution >= 4 is 5.91 Å². The third-order valence-corrected chi connectivity index (χ3v) is 12.1. The molecule has 4 N–H and O–H groups in total. The number of aliphatic hydroxyl groups excluding tert-OH is 2. The van der Waals surface area contributed by atoms with Gasteiger partial charge in [-0.25, -0.2) is 4.39 Å². The van der Waals surface area contributed by atoms with Gasteiger partial charge in [-0.05, 0) is 92.6 Å². The van der Waals surface area contributed by atoms with E-state index in [1.54, 1.807) is 12.0 Å². The molecule has 0 radical (unpaired) electrons. The van der Waals surface area contributed by atoms with E-state index < -0.39 is 30.0 Å². The van der Waals surface area contributed by atoms with Crippen molar-refractivity contribution in [3.05, 3.63) is 65.0 Å². The van der Waals surface area contributed by atoms with E-state index in [1.165, 1.54) is 24.6 Å². The number of amides is 1. The third-order valence-electron chi connectivity index (χ3n) is 12.1. The highest BCUT2D eigenvalue weighted by molar-refractivity contribution is 5.82. The molecule has 1 heterocycles. The Bertz CT molecular complexity index is 1420. The number of hydrogen-bond acceptors (Lipinski definition) is 8. The highest BCUT2D eigenvalue weighted by atomic mass is 19.1. The second-order valence-electron chi connectivity index (χ2n) is 16.7. The smallest absolute Gasteiger partial charge is 0.240 e. The highest BCUT2D eigenvalue weighted by Gasteiger charge is 2.57. The zero-order valence-electron chi connectivity index (χ0n) is 31.3. The first-order valence-corrected chi connectivity index (χ1v) is 18.6. The summed E-state index contributed by atoms with van der Waals surface area (Å²) in [6, 6.07) is 11.9. The molecular formula is C40H61FN4O5. The van der Waals surface area contributed by atoms with Gasteiger partial charge in [-0.2, -0.15) is 5.06 Å². The van der Waals surface area contributed by atoms with Crippen molar-refractivity contribution in [3.8, 4) is 5.75 Å². The quantitative estimate of drug-likeness (QED) is 0.202. The molecule has 10 heteroatoms. The van der Waals surface area contributed by atoms with Gasteiger partial charge in [0.1, 0.15) is 23.7 Å². The summed E-state index contributed by atoms with van der Waals surface area (Å²) in [5.41, 5.74) is 2.50. The van der Waals surface area contributed by atoms with Gasteiger partial charge < -0.3 is 25.5 Å². The maximum atomic E-state index is 15.0. The maximum Gasteiger partial charge on any atom is 0.240 e. The number of phenolic OH excluding ortho intramolecular Hbond substituents is 1. The predicted molar refractivity (Wildman–Crippen MR) is 193 cm³/mol. The van der Waals surface area contributed by atoms with Gasteiger partial charge in [0.15, 0.2) is 0 Å². The molecule has 2 aromatic rings. The summed E-state index contributed by atoms with van der Waals surface area (Å²) in [4.78, 5) is 24.7. The predicted octanol–water partition coefficient (Wildman–Crippen LogP) is 5.17. The van der Waals surface area contributed by atoms with Crippen LogP contribution in [0.5, 0.6) is 5.75 Å². The fourth-order valence-electron chi connectivity index (χ4n) is 9.25. The molecule has 0 aromatic heterocycles. The molecule has 9 atom stereocenters. The van der Waals surface area contributed by atoms with Crippen LogP contribution >= 0.6 is 0 Å². The van der Waals surface area contributed by atoms with Crippen LogP contribution in [0.4, 0.5) is 4.39 Å². The van der Waals surface area contributed by atoms with Gasteiger partial charge in [-0.3, -0.25) is 14.5 Å². The first-order valence-electron chi connectivity index (χ1n) is 18.6. The standard InChI is InChI=1S/C40H61FN4O5/c1-24(2)15-30(21-43(7)8)44(22-31-33(41)13-10-14-35(31)48)19-27-11-9-12-28(16-27)20-45-38(37(26(4)47)36(23-46)50-45)39(49)42-34-18-29-17-32(25(34)3)40(29,5)6/h9-14,16,24-26,29-30,32,34,36-38,46-48H,15,17-23H2,1-8H3,(H,42,49)/t25-,26-,29-,30-,32+,34-,36-,37+,38-/m0/s1. The molecule has 1 saturated heterocycles. The van der Waals surface area contributed by atoms with Crippen LogP contribution in [0.25, 0.3) is 0 Å². The molecule has 4 aliphatic rings. The lowest BCUT2D eigenvalue weighted by Crippen LogP contribution is -2.62. The number of hydrogen-bond donors (Lipinski definition) is 4. The molecule has 2 bridgehead atoms. The third kappa shape index (κ3) is 8.37. The molecule has 9 nitrogen and oxygen atoms in total. The van der Waals surface area contributed by atoms with Crippen LogP contribution in [0.1, 0.15) is 77.5 Å². The fraction of sp³-hybridized carbons (Fsp3) is 0.675. The van der Waals surface area contributed by atoms with Gasteiger partial charge in [0.25, 0.3) is 0 Å². The van der Waals surface area contributed by atoms with Crippen LogP contribution in [0.3, 0.4) is 0 Å². The van der Waals surface area contributed by atoms with Gasteiger partial charge in [0.05, 0.1) is 19.3 Å². The Morgan fingerprint density at radius 3 is 2.40 bits per heavy atom. The summed E-state index contributed by atoms with van der Waals surface area (Å²) in [5, 5.41) is 36.7. The topological polar surface area (TPSA) is 109 Å². The molecule has 0 unspecified atom stereocenters. The Hall–Kier alpha value is -2.60. The van der Waals surface area contributed by atoms with Gasteiger partial charge in [-0.1, -0.05) is 65.0 Å². The first kappa shape index (κ1) is 38.6. The molecule has 1 aliphatic heterocycles. The van der Waals surface area contributed by atoms with E-state index in [0.717, 1.165) is 30.5 Å². The minimum atomic E-state index is -0.867. The summed E-state index contributed by atoms with van der Waals surface area (Å²) in [6.07, 6.45) is 1.48. The average Bonchev–Trinajstić information content (AvgIpc) is 3.41. The van der Waals surface area contributed by atoms with Crippen molar-refractivity contribution < 1.29 is 29.3 Å². The molecular weight excluding hydrogens is 635 g/mol. The van der Waals surface area contributed by atoms with Crippen molar-refractivity contribution in [2.45, 2.75) is 111 Å². The number of likely N-dealkylation sites (N-methyl/N-ethyl adjacent to an activating group) is 1. The number of halogens is 1. The summed E-state index contributed by atoms with van der Waals surface area (Å²) in [6.45, 7) is 14.5. The van der Waals surface area contributed by atoms with E-state index in [2.05, 4.69) is 55.8 Å². The van der Waals surface area contributed by atoms with Gasteiger partial charge in [0, 0.05) is 43.2 Å². The van der Waals surface area contributed by atoms with Crippen molar-refractivity contribution in [2.75, 3.05) is 27.2 Å². The number of carbonyl (C=O) groups excluding carboxylic acids is 1. The Morgan fingerprint density at radius 1 is 1.10 bits per heavy atom. The van der Waals surface area contributed by atoms with E-state index in [4.69, 9.17) is 4.84 Å². The van der Waals surface area contributed by atoms with Crippen LogP contribution in [-0.4, -0.2) is 93.7 Å². The number of nitrogens with zero attached hydrogens (tertiary/aromatic N) is 3.